The SMILES string of the molecule is O=C(NC[C@H]1CC=CCC1)c1cc2ccccc2cc1NC(=O)C1CC1. The minimum Gasteiger partial charge on any atom is -0.352 e. The van der Waals surface area contributed by atoms with E-state index in [1.807, 2.05) is 36.4 Å². The zero-order valence-electron chi connectivity index (χ0n) is 14.8. The van der Waals surface area contributed by atoms with E-state index in [1.54, 1.807) is 0 Å². The normalized spacial score (nSPS) is 19.3. The van der Waals surface area contributed by atoms with Crippen molar-refractivity contribution >= 4 is 28.3 Å². The van der Waals surface area contributed by atoms with Gasteiger partial charge < -0.3 is 10.6 Å². The Balaban J connectivity index is 1.57. The number of benzene rings is 2. The maximum Gasteiger partial charge on any atom is 0.253 e. The van der Waals surface area contributed by atoms with Gasteiger partial charge in [-0.2, -0.15) is 0 Å². The summed E-state index contributed by atoms with van der Waals surface area (Å²) in [5.74, 6) is 0.503. The summed E-state index contributed by atoms with van der Waals surface area (Å²) in [5, 5.41) is 8.06. The first-order chi connectivity index (χ1) is 12.7. The minimum absolute atomic E-state index is 0.0201. The van der Waals surface area contributed by atoms with Crippen LogP contribution in [0.5, 0.6) is 0 Å². The predicted octanol–water partition coefficient (Wildman–Crippen LogP) is 4.27. The van der Waals surface area contributed by atoms with Gasteiger partial charge in [-0.15, -0.1) is 0 Å². The largest absolute Gasteiger partial charge is 0.352 e. The molecule has 2 amide bonds. The lowest BCUT2D eigenvalue weighted by Gasteiger charge is -2.19. The van der Waals surface area contributed by atoms with Gasteiger partial charge in [0, 0.05) is 12.5 Å². The highest BCUT2D eigenvalue weighted by molar-refractivity contribution is 6.08. The first kappa shape index (κ1) is 16.8. The maximum atomic E-state index is 12.8. The van der Waals surface area contributed by atoms with Gasteiger partial charge in [-0.25, -0.2) is 0 Å². The fraction of sp³-hybridized carbons (Fsp3) is 0.364. The molecule has 1 fully saturated rings. The van der Waals surface area contributed by atoms with Crippen molar-refractivity contribution in [2.45, 2.75) is 32.1 Å². The average molecular weight is 348 g/mol. The van der Waals surface area contributed by atoms with E-state index in [-0.39, 0.29) is 17.7 Å². The molecule has 1 saturated carbocycles. The number of allylic oxidation sites excluding steroid dienone is 2. The van der Waals surface area contributed by atoms with Gasteiger partial charge in [0.05, 0.1) is 11.3 Å². The van der Waals surface area contributed by atoms with Crippen LogP contribution in [0.3, 0.4) is 0 Å². The van der Waals surface area contributed by atoms with Crippen molar-refractivity contribution < 1.29 is 9.59 Å². The Morgan fingerprint density at radius 2 is 1.77 bits per heavy atom. The average Bonchev–Trinajstić information content (AvgIpc) is 3.52. The number of hydrogen-bond acceptors (Lipinski definition) is 2. The highest BCUT2D eigenvalue weighted by Crippen LogP contribution is 2.32. The molecule has 1 atom stereocenters. The Bertz CT molecular complexity index is 868. The molecule has 26 heavy (non-hydrogen) atoms. The second kappa shape index (κ2) is 7.32. The van der Waals surface area contributed by atoms with Crippen LogP contribution in [-0.2, 0) is 4.79 Å². The minimum atomic E-state index is -0.114. The lowest BCUT2D eigenvalue weighted by Crippen LogP contribution is -2.30. The Morgan fingerprint density at radius 1 is 1.00 bits per heavy atom. The lowest BCUT2D eigenvalue weighted by molar-refractivity contribution is -0.117. The molecule has 4 rings (SSSR count). The number of rotatable bonds is 5. The highest BCUT2D eigenvalue weighted by Gasteiger charge is 2.30. The molecule has 2 aromatic carbocycles. The predicted molar refractivity (Wildman–Crippen MR) is 104 cm³/mol. The van der Waals surface area contributed by atoms with E-state index in [0.717, 1.165) is 42.9 Å². The van der Waals surface area contributed by atoms with Gasteiger partial charge in [-0.05, 0) is 60.9 Å². The lowest BCUT2D eigenvalue weighted by atomic mass is 9.94. The van der Waals surface area contributed by atoms with Crippen LogP contribution < -0.4 is 10.6 Å². The number of hydrogen-bond donors (Lipinski definition) is 2. The molecule has 0 saturated heterocycles. The van der Waals surface area contributed by atoms with Crippen LogP contribution in [0.25, 0.3) is 10.8 Å². The van der Waals surface area contributed by atoms with Gasteiger partial charge in [0.15, 0.2) is 0 Å². The summed E-state index contributed by atoms with van der Waals surface area (Å²) in [7, 11) is 0. The third-order valence-electron chi connectivity index (χ3n) is 5.27. The van der Waals surface area contributed by atoms with Crippen molar-refractivity contribution in [1.29, 1.82) is 0 Å². The van der Waals surface area contributed by atoms with Gasteiger partial charge in [-0.3, -0.25) is 9.59 Å². The Morgan fingerprint density at radius 3 is 2.46 bits per heavy atom. The molecular formula is C22H24N2O2. The summed E-state index contributed by atoms with van der Waals surface area (Å²) >= 11 is 0. The standard InChI is InChI=1S/C22H24N2O2/c25-21(16-10-11-16)24-20-13-18-9-5-4-8-17(18)12-19(20)22(26)23-14-15-6-2-1-3-7-15/h1-2,4-5,8-9,12-13,15-16H,3,6-7,10-11,14H2,(H,23,26)(H,24,25)/t15-/m0/s1. The van der Waals surface area contributed by atoms with Gasteiger partial charge >= 0.3 is 0 Å². The van der Waals surface area contributed by atoms with Crippen LogP contribution in [0.1, 0.15) is 42.5 Å². The van der Waals surface area contributed by atoms with Crippen molar-refractivity contribution in [3.8, 4) is 0 Å². The molecule has 134 valence electrons. The second-order valence-electron chi connectivity index (χ2n) is 7.37. The number of carbonyl (C=O) groups is 2. The van der Waals surface area contributed by atoms with E-state index in [2.05, 4.69) is 22.8 Å². The number of carbonyl (C=O) groups excluding carboxylic acids is 2. The second-order valence-corrected chi connectivity index (χ2v) is 7.37. The van der Waals surface area contributed by atoms with E-state index >= 15 is 0 Å². The zero-order chi connectivity index (χ0) is 17.9. The Labute approximate surface area is 153 Å². The molecule has 0 radical (unpaired) electrons. The van der Waals surface area contributed by atoms with E-state index in [4.69, 9.17) is 0 Å². The number of anilines is 1. The number of fused-ring (bicyclic) bond motifs is 1. The van der Waals surface area contributed by atoms with Crippen LogP contribution >= 0.6 is 0 Å². The summed E-state index contributed by atoms with van der Waals surface area (Å²) in [6.07, 6.45) is 9.49. The summed E-state index contributed by atoms with van der Waals surface area (Å²) in [4.78, 5) is 25.1. The van der Waals surface area contributed by atoms with Crippen LogP contribution in [0, 0.1) is 11.8 Å². The van der Waals surface area contributed by atoms with E-state index in [9.17, 15) is 9.59 Å². The quantitative estimate of drug-likeness (QED) is 0.793. The van der Waals surface area contributed by atoms with E-state index in [1.165, 1.54) is 0 Å². The summed E-state index contributed by atoms with van der Waals surface area (Å²) in [5.41, 5.74) is 1.16. The van der Waals surface area contributed by atoms with Gasteiger partial charge in [0.25, 0.3) is 5.91 Å². The summed E-state index contributed by atoms with van der Waals surface area (Å²) in [6, 6.07) is 11.7. The molecule has 2 aromatic rings. The van der Waals surface area contributed by atoms with Crippen molar-refractivity contribution in [3.05, 3.63) is 54.1 Å². The third kappa shape index (κ3) is 3.79. The molecule has 2 aliphatic rings. The summed E-state index contributed by atoms with van der Waals surface area (Å²) in [6.45, 7) is 0.673. The summed E-state index contributed by atoms with van der Waals surface area (Å²) < 4.78 is 0. The van der Waals surface area contributed by atoms with Crippen LogP contribution in [-0.4, -0.2) is 18.4 Å². The van der Waals surface area contributed by atoms with E-state index in [0.29, 0.717) is 23.7 Å². The van der Waals surface area contributed by atoms with Crippen LogP contribution in [0.2, 0.25) is 0 Å². The Kier molecular flexibility index (Phi) is 4.74. The van der Waals surface area contributed by atoms with Gasteiger partial charge in [0.2, 0.25) is 5.91 Å². The molecular weight excluding hydrogens is 324 g/mol. The van der Waals surface area contributed by atoms with Crippen molar-refractivity contribution in [2.24, 2.45) is 11.8 Å². The highest BCUT2D eigenvalue weighted by atomic mass is 16.2. The van der Waals surface area contributed by atoms with Crippen LogP contribution in [0.4, 0.5) is 5.69 Å². The molecule has 0 aliphatic heterocycles. The van der Waals surface area contributed by atoms with Crippen molar-refractivity contribution in [1.82, 2.24) is 5.32 Å². The monoisotopic (exact) mass is 348 g/mol. The number of amides is 2. The van der Waals surface area contributed by atoms with E-state index < -0.39 is 0 Å². The van der Waals surface area contributed by atoms with Crippen LogP contribution in [0.15, 0.2) is 48.6 Å². The van der Waals surface area contributed by atoms with Gasteiger partial charge in [-0.1, -0.05) is 36.4 Å². The molecule has 4 heteroatoms. The zero-order valence-corrected chi connectivity index (χ0v) is 14.8. The first-order valence-electron chi connectivity index (χ1n) is 9.47. The molecule has 0 unspecified atom stereocenters. The molecule has 0 heterocycles. The molecule has 4 nitrogen and oxygen atoms in total. The molecule has 2 aliphatic carbocycles. The van der Waals surface area contributed by atoms with Gasteiger partial charge in [0.1, 0.15) is 0 Å². The molecule has 0 aromatic heterocycles. The molecule has 2 N–H and O–H groups in total. The smallest absolute Gasteiger partial charge is 0.253 e. The maximum absolute atomic E-state index is 12.8. The fourth-order valence-corrected chi connectivity index (χ4v) is 3.49. The third-order valence-corrected chi connectivity index (χ3v) is 5.27. The topological polar surface area (TPSA) is 58.2 Å². The Hall–Kier alpha value is -2.62. The number of nitrogens with one attached hydrogen (secondary N) is 2. The van der Waals surface area contributed by atoms with Crippen molar-refractivity contribution in [3.63, 3.8) is 0 Å². The molecule has 0 spiro atoms. The van der Waals surface area contributed by atoms with Crippen molar-refractivity contribution in [2.75, 3.05) is 11.9 Å². The molecule has 0 bridgehead atoms. The fourth-order valence-electron chi connectivity index (χ4n) is 3.49. The first-order valence-corrected chi connectivity index (χ1v) is 9.47.